The number of piperidine rings is 2. The molecule has 0 aromatic heterocycles. The molecule has 3 unspecified atom stereocenters. The van der Waals surface area contributed by atoms with E-state index in [1.54, 1.807) is 36.2 Å². The summed E-state index contributed by atoms with van der Waals surface area (Å²) in [5.41, 5.74) is 6.13. The molecule has 8 heteroatoms. The fraction of sp³-hybridized carbons (Fsp3) is 0.591. The summed E-state index contributed by atoms with van der Waals surface area (Å²) in [6, 6.07) is 10.7. The van der Waals surface area contributed by atoms with E-state index in [4.69, 9.17) is 21.0 Å². The minimum Gasteiger partial charge on any atom is -0.491 e. The van der Waals surface area contributed by atoms with E-state index in [0.717, 1.165) is 32.7 Å². The van der Waals surface area contributed by atoms with Crippen molar-refractivity contribution in [1.29, 1.82) is 10.5 Å². The molecule has 2 heterocycles. The predicted molar refractivity (Wildman–Crippen MR) is 112 cm³/mol. The lowest BCUT2D eigenvalue weighted by atomic mass is 9.84. The Balaban J connectivity index is 1.58. The van der Waals surface area contributed by atoms with Crippen LogP contribution in [-0.2, 0) is 0 Å². The number of likely N-dealkylation sites (tertiary alicyclic amines) is 2. The van der Waals surface area contributed by atoms with Gasteiger partial charge in [0.25, 0.3) is 0 Å². The van der Waals surface area contributed by atoms with E-state index in [2.05, 4.69) is 21.9 Å². The van der Waals surface area contributed by atoms with Crippen molar-refractivity contribution in [1.82, 2.24) is 14.7 Å². The van der Waals surface area contributed by atoms with Gasteiger partial charge in [-0.05, 0) is 42.5 Å². The van der Waals surface area contributed by atoms with Gasteiger partial charge >= 0.3 is 6.03 Å². The van der Waals surface area contributed by atoms with Crippen LogP contribution < -0.4 is 10.5 Å². The molecule has 0 saturated carbocycles. The van der Waals surface area contributed by atoms with Crippen LogP contribution in [0.25, 0.3) is 0 Å². The third-order valence-electron chi connectivity index (χ3n) is 6.06. The van der Waals surface area contributed by atoms with E-state index in [-0.39, 0.29) is 6.04 Å². The van der Waals surface area contributed by atoms with Crippen molar-refractivity contribution in [3.05, 3.63) is 29.8 Å². The Kier molecular flexibility index (Phi) is 7.51. The lowest BCUT2D eigenvalue weighted by Gasteiger charge is -2.47. The van der Waals surface area contributed by atoms with E-state index < -0.39 is 6.03 Å². The van der Waals surface area contributed by atoms with Gasteiger partial charge in [0.15, 0.2) is 0 Å². The van der Waals surface area contributed by atoms with E-state index in [0.29, 0.717) is 42.7 Å². The SMILES string of the molecule is CN(C(N)=O)C(COc1ccc(C#N)cc1)CN1CC2CC(CN(CCC#N)C2)C1. The predicted octanol–water partition coefficient (Wildman–Crippen LogP) is 1.48. The van der Waals surface area contributed by atoms with Crippen molar-refractivity contribution in [2.24, 2.45) is 17.6 Å². The second-order valence-electron chi connectivity index (χ2n) is 8.40. The number of amides is 2. The number of likely N-dealkylation sites (N-methyl/N-ethyl adjacent to an activating group) is 1. The Labute approximate surface area is 178 Å². The van der Waals surface area contributed by atoms with Crippen molar-refractivity contribution in [2.75, 3.05) is 52.9 Å². The van der Waals surface area contributed by atoms with Crippen molar-refractivity contribution in [3.63, 3.8) is 0 Å². The summed E-state index contributed by atoms with van der Waals surface area (Å²) in [7, 11) is 1.71. The number of nitrogens with two attached hydrogens (primary N) is 1. The largest absolute Gasteiger partial charge is 0.491 e. The number of benzene rings is 1. The summed E-state index contributed by atoms with van der Waals surface area (Å²) in [5, 5.41) is 17.8. The minimum absolute atomic E-state index is 0.160. The van der Waals surface area contributed by atoms with Gasteiger partial charge in [0.05, 0.1) is 23.7 Å². The number of carbonyl (C=O) groups excluding carboxylic acids is 1. The van der Waals surface area contributed by atoms with Crippen LogP contribution in [-0.4, -0.2) is 79.7 Å². The highest BCUT2D eigenvalue weighted by Gasteiger charge is 2.35. The molecule has 160 valence electrons. The summed E-state index contributed by atoms with van der Waals surface area (Å²) in [6.45, 7) is 5.94. The molecule has 0 radical (unpaired) electrons. The number of hydrogen-bond donors (Lipinski definition) is 1. The maximum Gasteiger partial charge on any atom is 0.314 e. The molecule has 2 aliphatic rings. The summed E-state index contributed by atoms with van der Waals surface area (Å²) in [6.07, 6.45) is 1.82. The molecule has 3 rings (SSSR count). The Bertz CT molecular complexity index is 785. The zero-order valence-electron chi connectivity index (χ0n) is 17.5. The molecule has 2 N–H and O–H groups in total. The number of fused-ring (bicyclic) bond motifs is 2. The molecule has 2 fully saturated rings. The first-order valence-corrected chi connectivity index (χ1v) is 10.5. The summed E-state index contributed by atoms with van der Waals surface area (Å²) < 4.78 is 5.91. The first-order chi connectivity index (χ1) is 14.5. The van der Waals surface area contributed by atoms with Gasteiger partial charge in [-0.3, -0.25) is 0 Å². The standard InChI is InChI=1S/C22H30N6O2/c1-26(22(25)29)20(16-30-21-5-3-17(10-24)4-6-21)15-28-13-18-9-19(14-28)12-27(11-18)8-2-7-23/h3-6,18-20H,2,8-9,11-16H2,1H3,(H2,25,29). The van der Waals surface area contributed by atoms with Crippen LogP contribution in [0.5, 0.6) is 5.75 Å². The summed E-state index contributed by atoms with van der Waals surface area (Å²) in [5.74, 6) is 1.85. The Morgan fingerprint density at radius 3 is 2.40 bits per heavy atom. The number of urea groups is 1. The monoisotopic (exact) mass is 410 g/mol. The average Bonchev–Trinajstić information content (AvgIpc) is 2.74. The number of rotatable bonds is 8. The van der Waals surface area contributed by atoms with Gasteiger partial charge in [0, 0.05) is 52.7 Å². The Morgan fingerprint density at radius 1 is 1.20 bits per heavy atom. The van der Waals surface area contributed by atoms with Crippen LogP contribution >= 0.6 is 0 Å². The third-order valence-corrected chi connectivity index (χ3v) is 6.06. The normalized spacial score (nSPS) is 22.5. The first-order valence-electron chi connectivity index (χ1n) is 10.5. The number of primary amides is 1. The molecular formula is C22H30N6O2. The smallest absolute Gasteiger partial charge is 0.314 e. The van der Waals surface area contributed by atoms with Crippen LogP contribution in [0, 0.1) is 34.5 Å². The van der Waals surface area contributed by atoms with E-state index in [1.807, 2.05) is 0 Å². The van der Waals surface area contributed by atoms with Crippen LogP contribution in [0.4, 0.5) is 4.79 Å². The quantitative estimate of drug-likeness (QED) is 0.695. The van der Waals surface area contributed by atoms with Gasteiger partial charge < -0.3 is 25.2 Å². The van der Waals surface area contributed by atoms with Crippen molar-refractivity contribution in [3.8, 4) is 17.9 Å². The van der Waals surface area contributed by atoms with Crippen molar-refractivity contribution in [2.45, 2.75) is 18.9 Å². The zero-order chi connectivity index (χ0) is 21.5. The fourth-order valence-electron chi connectivity index (χ4n) is 4.62. The lowest BCUT2D eigenvalue weighted by Crippen LogP contribution is -2.56. The molecule has 2 saturated heterocycles. The van der Waals surface area contributed by atoms with E-state index in [9.17, 15) is 4.79 Å². The van der Waals surface area contributed by atoms with Gasteiger partial charge in [-0.25, -0.2) is 4.79 Å². The van der Waals surface area contributed by atoms with Gasteiger partial charge in [-0.1, -0.05) is 0 Å². The number of nitriles is 2. The second kappa shape index (κ2) is 10.3. The number of ether oxygens (including phenoxy) is 1. The Morgan fingerprint density at radius 2 is 1.83 bits per heavy atom. The molecule has 1 aromatic carbocycles. The van der Waals surface area contributed by atoms with Gasteiger partial charge in [0.1, 0.15) is 12.4 Å². The number of carbonyl (C=O) groups is 1. The van der Waals surface area contributed by atoms with Crippen LogP contribution in [0.3, 0.4) is 0 Å². The highest BCUT2D eigenvalue weighted by Crippen LogP contribution is 2.29. The summed E-state index contributed by atoms with van der Waals surface area (Å²) in [4.78, 5) is 18.2. The topological polar surface area (TPSA) is 110 Å². The van der Waals surface area contributed by atoms with E-state index in [1.165, 1.54) is 6.42 Å². The molecule has 3 atom stereocenters. The fourth-order valence-corrected chi connectivity index (χ4v) is 4.62. The molecule has 30 heavy (non-hydrogen) atoms. The van der Waals surface area contributed by atoms with Gasteiger partial charge in [-0.15, -0.1) is 0 Å². The highest BCUT2D eigenvalue weighted by atomic mass is 16.5. The third kappa shape index (κ3) is 5.85. The average molecular weight is 411 g/mol. The highest BCUT2D eigenvalue weighted by molar-refractivity contribution is 5.72. The maximum absolute atomic E-state index is 11.8. The van der Waals surface area contributed by atoms with Gasteiger partial charge in [0.2, 0.25) is 0 Å². The molecule has 8 nitrogen and oxygen atoms in total. The lowest BCUT2D eigenvalue weighted by molar-refractivity contribution is 0.0185. The molecule has 0 aliphatic carbocycles. The molecular weight excluding hydrogens is 380 g/mol. The Hall–Kier alpha value is -2.81. The molecule has 2 aliphatic heterocycles. The zero-order valence-corrected chi connectivity index (χ0v) is 17.5. The van der Waals surface area contributed by atoms with Crippen molar-refractivity contribution >= 4 is 6.03 Å². The summed E-state index contributed by atoms with van der Waals surface area (Å²) >= 11 is 0. The number of hydrogen-bond acceptors (Lipinski definition) is 6. The molecule has 0 spiro atoms. The molecule has 2 bridgehead atoms. The van der Waals surface area contributed by atoms with E-state index >= 15 is 0 Å². The minimum atomic E-state index is -0.469. The first kappa shape index (κ1) is 21.9. The van der Waals surface area contributed by atoms with Gasteiger partial charge in [-0.2, -0.15) is 10.5 Å². The maximum atomic E-state index is 11.8. The van der Waals surface area contributed by atoms with Crippen molar-refractivity contribution < 1.29 is 9.53 Å². The second-order valence-corrected chi connectivity index (χ2v) is 8.40. The van der Waals surface area contributed by atoms with Crippen LogP contribution in [0.2, 0.25) is 0 Å². The van der Waals surface area contributed by atoms with Crippen LogP contribution in [0.15, 0.2) is 24.3 Å². The van der Waals surface area contributed by atoms with Crippen LogP contribution in [0.1, 0.15) is 18.4 Å². The number of nitrogens with zero attached hydrogens (tertiary/aromatic N) is 5. The molecule has 1 aromatic rings. The molecule has 2 amide bonds.